The Labute approximate surface area is 145 Å². The Balaban J connectivity index is 1.75. The third kappa shape index (κ3) is 3.40. The van der Waals surface area contributed by atoms with E-state index in [0.717, 1.165) is 19.4 Å². The Morgan fingerprint density at radius 2 is 1.96 bits per heavy atom. The number of benzene rings is 1. The minimum absolute atomic E-state index is 0.0515. The van der Waals surface area contributed by atoms with Gasteiger partial charge in [0.05, 0.1) is 21.8 Å². The minimum Gasteiger partial charge on any atom is -0.341 e. The van der Waals surface area contributed by atoms with Gasteiger partial charge in [0.25, 0.3) is 0 Å². The molecule has 3 saturated heterocycles. The van der Waals surface area contributed by atoms with Crippen molar-refractivity contribution in [3.63, 3.8) is 0 Å². The maximum absolute atomic E-state index is 12.7. The van der Waals surface area contributed by atoms with Crippen molar-refractivity contribution in [1.82, 2.24) is 9.80 Å². The Morgan fingerprint density at radius 3 is 2.70 bits per heavy atom. The molecule has 0 radical (unpaired) electrons. The van der Waals surface area contributed by atoms with E-state index in [2.05, 4.69) is 5.32 Å². The smallest absolute Gasteiger partial charge is 0.322 e. The number of piperidine rings is 1. The van der Waals surface area contributed by atoms with Crippen LogP contribution in [0.2, 0.25) is 10.0 Å². The molecule has 0 aliphatic carbocycles. The number of rotatable bonds is 1. The molecule has 7 heteroatoms. The second kappa shape index (κ2) is 6.57. The van der Waals surface area contributed by atoms with E-state index in [9.17, 15) is 9.59 Å². The highest BCUT2D eigenvalue weighted by atomic mass is 35.5. The maximum atomic E-state index is 12.7. The van der Waals surface area contributed by atoms with Gasteiger partial charge in [-0.3, -0.25) is 4.79 Å². The van der Waals surface area contributed by atoms with Crippen molar-refractivity contribution >= 4 is 40.8 Å². The number of nitrogens with zero attached hydrogens (tertiary/aromatic N) is 2. The van der Waals surface area contributed by atoms with Crippen LogP contribution in [-0.2, 0) is 4.79 Å². The minimum atomic E-state index is -0.186. The van der Waals surface area contributed by atoms with Crippen LogP contribution in [-0.4, -0.2) is 47.4 Å². The fourth-order valence-electron chi connectivity index (χ4n) is 3.38. The highest BCUT2D eigenvalue weighted by Gasteiger charge is 2.38. The molecule has 4 rings (SSSR count). The van der Waals surface area contributed by atoms with Crippen LogP contribution in [0.5, 0.6) is 0 Å². The first-order chi connectivity index (χ1) is 11.0. The van der Waals surface area contributed by atoms with Gasteiger partial charge in [0.2, 0.25) is 5.91 Å². The predicted molar refractivity (Wildman–Crippen MR) is 91.0 cm³/mol. The Kier molecular flexibility index (Phi) is 4.69. The fraction of sp³-hybridized carbons (Fsp3) is 0.500. The summed E-state index contributed by atoms with van der Waals surface area (Å²) in [7, 11) is 0. The molecule has 3 aliphatic rings. The first kappa shape index (κ1) is 16.4. The van der Waals surface area contributed by atoms with E-state index in [4.69, 9.17) is 23.2 Å². The number of amides is 3. The molecule has 0 saturated carbocycles. The molecule has 5 nitrogen and oxygen atoms in total. The topological polar surface area (TPSA) is 52.7 Å². The van der Waals surface area contributed by atoms with Gasteiger partial charge in [-0.15, -0.1) is 0 Å². The Hall–Kier alpha value is -1.46. The maximum Gasteiger partial charge on any atom is 0.322 e. The molecule has 2 bridgehead atoms. The molecule has 1 N–H and O–H groups in total. The lowest BCUT2D eigenvalue weighted by atomic mass is 9.95. The van der Waals surface area contributed by atoms with Crippen molar-refractivity contribution in [3.8, 4) is 0 Å². The van der Waals surface area contributed by atoms with Crippen molar-refractivity contribution in [2.45, 2.75) is 25.8 Å². The van der Waals surface area contributed by atoms with Gasteiger partial charge in [-0.05, 0) is 30.9 Å². The van der Waals surface area contributed by atoms with Crippen molar-refractivity contribution in [3.05, 3.63) is 28.2 Å². The second-order valence-electron chi connectivity index (χ2n) is 6.21. The van der Waals surface area contributed by atoms with Gasteiger partial charge in [-0.25, -0.2) is 4.79 Å². The third-order valence-corrected chi connectivity index (χ3v) is 5.43. The zero-order valence-electron chi connectivity index (χ0n) is 12.9. The summed E-state index contributed by atoms with van der Waals surface area (Å²) in [6.45, 7) is 3.58. The van der Waals surface area contributed by atoms with E-state index in [1.54, 1.807) is 25.1 Å². The number of halogens is 2. The molecule has 23 heavy (non-hydrogen) atoms. The lowest BCUT2D eigenvalue weighted by Crippen LogP contribution is -2.49. The number of carbonyl (C=O) groups is 2. The average Bonchev–Trinajstić information content (AvgIpc) is 2.84. The van der Waals surface area contributed by atoms with E-state index < -0.39 is 0 Å². The van der Waals surface area contributed by atoms with Crippen LogP contribution in [0.15, 0.2) is 18.2 Å². The molecule has 3 aliphatic heterocycles. The number of anilines is 1. The number of nitrogens with one attached hydrogen (secondary N) is 1. The molecule has 0 aromatic heterocycles. The number of urea groups is 1. The Bertz CT molecular complexity index is 638. The van der Waals surface area contributed by atoms with Crippen LogP contribution in [0.4, 0.5) is 10.5 Å². The van der Waals surface area contributed by atoms with Crippen LogP contribution in [0.25, 0.3) is 0 Å². The van der Waals surface area contributed by atoms with E-state index in [0.29, 0.717) is 34.7 Å². The van der Waals surface area contributed by atoms with Crippen LogP contribution >= 0.6 is 23.2 Å². The van der Waals surface area contributed by atoms with Gasteiger partial charge < -0.3 is 15.1 Å². The highest BCUT2D eigenvalue weighted by molar-refractivity contribution is 6.43. The van der Waals surface area contributed by atoms with Crippen LogP contribution in [0.3, 0.4) is 0 Å². The van der Waals surface area contributed by atoms with E-state index in [1.807, 2.05) is 9.80 Å². The zero-order valence-corrected chi connectivity index (χ0v) is 14.4. The van der Waals surface area contributed by atoms with Crippen LogP contribution < -0.4 is 5.32 Å². The van der Waals surface area contributed by atoms with Gasteiger partial charge >= 0.3 is 6.03 Å². The van der Waals surface area contributed by atoms with Crippen molar-refractivity contribution < 1.29 is 9.59 Å². The fourth-order valence-corrected chi connectivity index (χ4v) is 3.72. The lowest BCUT2D eigenvalue weighted by molar-refractivity contribution is -0.129. The normalized spacial score (nSPS) is 23.6. The largest absolute Gasteiger partial charge is 0.341 e. The molecular weight excluding hydrogens is 337 g/mol. The van der Waals surface area contributed by atoms with E-state index >= 15 is 0 Å². The SMILES string of the molecule is CC(=O)N1C[C@H]2CC[C@@H](C1)N(C(=O)Nc1cccc(Cl)c1Cl)C2. The quantitative estimate of drug-likeness (QED) is 0.838. The van der Waals surface area contributed by atoms with Crippen LogP contribution in [0.1, 0.15) is 19.8 Å². The summed E-state index contributed by atoms with van der Waals surface area (Å²) in [5, 5.41) is 3.59. The molecule has 1 aromatic carbocycles. The predicted octanol–water partition coefficient (Wildman–Crippen LogP) is 3.47. The van der Waals surface area contributed by atoms with E-state index in [1.165, 1.54) is 0 Å². The third-order valence-electron chi connectivity index (χ3n) is 4.61. The zero-order chi connectivity index (χ0) is 16.6. The summed E-state index contributed by atoms with van der Waals surface area (Å²) >= 11 is 12.1. The molecular formula is C16H19Cl2N3O2. The average molecular weight is 356 g/mol. The van der Waals surface area contributed by atoms with Gasteiger partial charge in [0.15, 0.2) is 0 Å². The Morgan fingerprint density at radius 1 is 1.17 bits per heavy atom. The van der Waals surface area contributed by atoms with Gasteiger partial charge in [-0.1, -0.05) is 29.3 Å². The molecule has 3 heterocycles. The van der Waals surface area contributed by atoms with Gasteiger partial charge in [0.1, 0.15) is 0 Å². The number of carbonyl (C=O) groups excluding carboxylic acids is 2. The molecule has 124 valence electrons. The molecule has 2 atom stereocenters. The first-order valence-corrected chi connectivity index (χ1v) is 8.48. The monoisotopic (exact) mass is 355 g/mol. The van der Waals surface area contributed by atoms with Gasteiger partial charge in [-0.2, -0.15) is 0 Å². The summed E-state index contributed by atoms with van der Waals surface area (Å²) < 4.78 is 0. The lowest BCUT2D eigenvalue weighted by Gasteiger charge is -2.36. The standard InChI is InChI=1S/C16H19Cl2N3O2/c1-10(22)20-7-11-5-6-12(9-20)21(8-11)16(23)19-14-4-2-3-13(17)15(14)18/h2-4,11-12H,5-9H2,1H3,(H,19,23)/t11-,12+/m1/s1. The van der Waals surface area contributed by atoms with E-state index in [-0.39, 0.29) is 18.0 Å². The number of fused-ring (bicyclic) bond motifs is 4. The van der Waals surface area contributed by atoms with Gasteiger partial charge in [0, 0.05) is 26.6 Å². The van der Waals surface area contributed by atoms with Crippen molar-refractivity contribution in [1.29, 1.82) is 0 Å². The molecule has 0 unspecified atom stereocenters. The second-order valence-corrected chi connectivity index (χ2v) is 6.99. The summed E-state index contributed by atoms with van der Waals surface area (Å²) in [5.41, 5.74) is 0.507. The van der Waals surface area contributed by atoms with Crippen molar-refractivity contribution in [2.24, 2.45) is 5.92 Å². The number of hydrogen-bond acceptors (Lipinski definition) is 2. The molecule has 3 fully saturated rings. The molecule has 3 amide bonds. The summed E-state index contributed by atoms with van der Waals surface area (Å²) in [5.74, 6) is 0.403. The molecule has 0 spiro atoms. The first-order valence-electron chi connectivity index (χ1n) is 7.73. The summed E-state index contributed by atoms with van der Waals surface area (Å²) in [6.07, 6.45) is 1.97. The molecule has 1 aromatic rings. The summed E-state index contributed by atoms with van der Waals surface area (Å²) in [4.78, 5) is 28.0. The van der Waals surface area contributed by atoms with Crippen LogP contribution in [0, 0.1) is 5.92 Å². The summed E-state index contributed by atoms with van der Waals surface area (Å²) in [6, 6.07) is 5.02. The van der Waals surface area contributed by atoms with Crippen molar-refractivity contribution in [2.75, 3.05) is 25.0 Å². The highest BCUT2D eigenvalue weighted by Crippen LogP contribution is 2.32. The number of hydrogen-bond donors (Lipinski definition) is 1.